The van der Waals surface area contributed by atoms with Crippen LogP contribution in [0.15, 0.2) is 15.9 Å². The minimum absolute atomic E-state index is 0.744. The molecule has 1 aliphatic rings. The molecule has 1 fully saturated rings. The fraction of sp³-hybridized carbons (Fsp3) is 0.692. The van der Waals surface area contributed by atoms with Gasteiger partial charge < -0.3 is 5.32 Å². The van der Waals surface area contributed by atoms with Crippen molar-refractivity contribution in [2.75, 3.05) is 6.54 Å². The summed E-state index contributed by atoms with van der Waals surface area (Å²) in [6.45, 7) is 5.72. The molecule has 3 atom stereocenters. The maximum atomic E-state index is 3.63. The number of nitrogens with one attached hydrogen (secondary N) is 1. The molecule has 1 aromatic heterocycles. The van der Waals surface area contributed by atoms with Crippen LogP contribution in [0.25, 0.3) is 0 Å². The molecule has 1 heterocycles. The standard InChI is InChI=1S/C13H20BrNS/c1-3-15-12-5-4-10(9(12)2)8-13-11(14)6-7-16-13/h6-7,9-10,12,15H,3-5,8H2,1-2H3. The van der Waals surface area contributed by atoms with Gasteiger partial charge in [-0.25, -0.2) is 0 Å². The number of thiophene rings is 1. The van der Waals surface area contributed by atoms with Gasteiger partial charge in [0.15, 0.2) is 0 Å². The molecule has 3 heteroatoms. The Balaban J connectivity index is 1.95. The summed E-state index contributed by atoms with van der Waals surface area (Å²) in [6, 6.07) is 2.91. The van der Waals surface area contributed by atoms with Gasteiger partial charge in [-0.2, -0.15) is 0 Å². The van der Waals surface area contributed by atoms with Gasteiger partial charge in [0.2, 0.25) is 0 Å². The predicted molar refractivity (Wildman–Crippen MR) is 75.1 cm³/mol. The van der Waals surface area contributed by atoms with E-state index in [2.05, 4.69) is 46.5 Å². The molecule has 1 nitrogen and oxygen atoms in total. The Kier molecular flexibility index (Phi) is 4.45. The summed E-state index contributed by atoms with van der Waals surface area (Å²) in [4.78, 5) is 1.52. The van der Waals surface area contributed by atoms with Crippen LogP contribution >= 0.6 is 27.3 Å². The van der Waals surface area contributed by atoms with Crippen LogP contribution in [-0.2, 0) is 6.42 Å². The second kappa shape index (κ2) is 5.65. The summed E-state index contributed by atoms with van der Waals surface area (Å²) in [5.74, 6) is 1.67. The minimum atomic E-state index is 0.744. The third kappa shape index (κ3) is 2.69. The Labute approximate surface area is 111 Å². The first-order valence-electron chi connectivity index (χ1n) is 6.17. The van der Waals surface area contributed by atoms with E-state index in [4.69, 9.17) is 0 Å². The fourth-order valence-corrected chi connectivity index (χ4v) is 4.40. The van der Waals surface area contributed by atoms with Gasteiger partial charge in [-0.05, 0) is 65.0 Å². The molecule has 3 unspecified atom stereocenters. The highest BCUT2D eigenvalue weighted by Crippen LogP contribution is 2.37. The van der Waals surface area contributed by atoms with E-state index in [1.165, 1.54) is 28.6 Å². The SMILES string of the molecule is CCNC1CCC(Cc2sccc2Br)C1C. The van der Waals surface area contributed by atoms with Crippen molar-refractivity contribution in [1.29, 1.82) is 0 Å². The van der Waals surface area contributed by atoms with Crippen LogP contribution in [0.1, 0.15) is 31.6 Å². The van der Waals surface area contributed by atoms with E-state index in [1.807, 2.05) is 11.3 Å². The van der Waals surface area contributed by atoms with Crippen molar-refractivity contribution in [3.05, 3.63) is 20.8 Å². The second-order valence-corrected chi connectivity index (χ2v) is 6.61. The van der Waals surface area contributed by atoms with Gasteiger partial charge in [0.05, 0.1) is 0 Å². The maximum absolute atomic E-state index is 3.63. The molecule has 0 aliphatic heterocycles. The van der Waals surface area contributed by atoms with Crippen LogP contribution < -0.4 is 5.32 Å². The Morgan fingerprint density at radius 2 is 2.31 bits per heavy atom. The number of hydrogen-bond donors (Lipinski definition) is 1. The smallest absolute Gasteiger partial charge is 0.0314 e. The van der Waals surface area contributed by atoms with Crippen molar-refractivity contribution in [2.45, 2.75) is 39.2 Å². The molecule has 0 bridgehead atoms. The fourth-order valence-electron chi connectivity index (χ4n) is 2.79. The lowest BCUT2D eigenvalue weighted by molar-refractivity contribution is 0.356. The molecular weight excluding hydrogens is 282 g/mol. The highest BCUT2D eigenvalue weighted by Gasteiger charge is 2.32. The molecular formula is C13H20BrNS. The molecule has 0 radical (unpaired) electrons. The topological polar surface area (TPSA) is 12.0 Å². The first-order valence-corrected chi connectivity index (χ1v) is 7.85. The summed E-state index contributed by atoms with van der Waals surface area (Å²) in [7, 11) is 0. The van der Waals surface area contributed by atoms with Gasteiger partial charge in [0.25, 0.3) is 0 Å². The summed E-state index contributed by atoms with van der Waals surface area (Å²) >= 11 is 5.52. The third-order valence-electron chi connectivity index (χ3n) is 3.83. The number of halogens is 1. The lowest BCUT2D eigenvalue weighted by Crippen LogP contribution is -2.32. The van der Waals surface area contributed by atoms with Gasteiger partial charge in [-0.3, -0.25) is 0 Å². The normalized spacial score (nSPS) is 29.8. The molecule has 90 valence electrons. The van der Waals surface area contributed by atoms with E-state index < -0.39 is 0 Å². The van der Waals surface area contributed by atoms with Crippen molar-refractivity contribution in [2.24, 2.45) is 11.8 Å². The van der Waals surface area contributed by atoms with Crippen molar-refractivity contribution in [3.63, 3.8) is 0 Å². The maximum Gasteiger partial charge on any atom is 0.0314 e. The summed E-state index contributed by atoms with van der Waals surface area (Å²) in [6.07, 6.45) is 3.98. The highest BCUT2D eigenvalue weighted by molar-refractivity contribution is 9.10. The molecule has 1 N–H and O–H groups in total. The molecule has 16 heavy (non-hydrogen) atoms. The first-order chi connectivity index (χ1) is 7.72. The van der Waals surface area contributed by atoms with Crippen LogP contribution in [0.5, 0.6) is 0 Å². The van der Waals surface area contributed by atoms with Gasteiger partial charge in [-0.15, -0.1) is 11.3 Å². The van der Waals surface area contributed by atoms with E-state index in [0.717, 1.165) is 24.4 Å². The van der Waals surface area contributed by atoms with E-state index in [-0.39, 0.29) is 0 Å². The molecule has 1 saturated carbocycles. The Hall–Kier alpha value is 0.140. The summed E-state index contributed by atoms with van der Waals surface area (Å²) in [5.41, 5.74) is 0. The van der Waals surface area contributed by atoms with Crippen LogP contribution in [0.4, 0.5) is 0 Å². The highest BCUT2D eigenvalue weighted by atomic mass is 79.9. The van der Waals surface area contributed by atoms with Crippen LogP contribution in [-0.4, -0.2) is 12.6 Å². The monoisotopic (exact) mass is 301 g/mol. The van der Waals surface area contributed by atoms with E-state index in [0.29, 0.717) is 0 Å². The van der Waals surface area contributed by atoms with Crippen LogP contribution in [0.3, 0.4) is 0 Å². The molecule has 0 amide bonds. The molecule has 0 saturated heterocycles. The van der Waals surface area contributed by atoms with Crippen LogP contribution in [0.2, 0.25) is 0 Å². The molecule has 2 rings (SSSR count). The zero-order chi connectivity index (χ0) is 11.5. The molecule has 1 aliphatic carbocycles. The predicted octanol–water partition coefficient (Wildman–Crippen LogP) is 4.08. The van der Waals surface area contributed by atoms with Gasteiger partial charge in [0.1, 0.15) is 0 Å². The van der Waals surface area contributed by atoms with Crippen molar-refractivity contribution >= 4 is 27.3 Å². The lowest BCUT2D eigenvalue weighted by atomic mass is 9.92. The third-order valence-corrected chi connectivity index (χ3v) is 5.78. The van der Waals surface area contributed by atoms with E-state index in [9.17, 15) is 0 Å². The van der Waals surface area contributed by atoms with Crippen LogP contribution in [0, 0.1) is 11.8 Å². The average molecular weight is 302 g/mol. The Morgan fingerprint density at radius 1 is 1.50 bits per heavy atom. The number of hydrogen-bond acceptors (Lipinski definition) is 2. The zero-order valence-electron chi connectivity index (χ0n) is 10.0. The largest absolute Gasteiger partial charge is 0.314 e. The van der Waals surface area contributed by atoms with Gasteiger partial charge >= 0.3 is 0 Å². The average Bonchev–Trinajstić information content (AvgIpc) is 2.80. The minimum Gasteiger partial charge on any atom is -0.314 e. The number of rotatable bonds is 4. The van der Waals surface area contributed by atoms with Crippen molar-refractivity contribution < 1.29 is 0 Å². The lowest BCUT2D eigenvalue weighted by Gasteiger charge is -2.21. The molecule has 1 aromatic rings. The zero-order valence-corrected chi connectivity index (χ0v) is 12.4. The van der Waals surface area contributed by atoms with E-state index in [1.54, 1.807) is 0 Å². The van der Waals surface area contributed by atoms with Crippen molar-refractivity contribution in [1.82, 2.24) is 5.32 Å². The molecule has 0 spiro atoms. The quantitative estimate of drug-likeness (QED) is 0.884. The molecule has 0 aromatic carbocycles. The Bertz CT molecular complexity index is 336. The summed E-state index contributed by atoms with van der Waals surface area (Å²) in [5, 5.41) is 5.79. The first kappa shape index (κ1) is 12.6. The second-order valence-electron chi connectivity index (χ2n) is 4.76. The van der Waals surface area contributed by atoms with Gasteiger partial charge in [0, 0.05) is 15.4 Å². The van der Waals surface area contributed by atoms with Gasteiger partial charge in [-0.1, -0.05) is 13.8 Å². The van der Waals surface area contributed by atoms with Crippen molar-refractivity contribution in [3.8, 4) is 0 Å². The summed E-state index contributed by atoms with van der Waals surface area (Å²) < 4.78 is 1.30. The van der Waals surface area contributed by atoms with E-state index >= 15 is 0 Å². The Morgan fingerprint density at radius 3 is 2.94 bits per heavy atom.